The van der Waals surface area contributed by atoms with E-state index >= 15 is 0 Å². The summed E-state index contributed by atoms with van der Waals surface area (Å²) < 4.78 is 3.70. The van der Waals surface area contributed by atoms with E-state index in [0.717, 1.165) is 16.8 Å². The molecule has 0 aliphatic rings. The molecule has 0 spiro atoms. The third-order valence-corrected chi connectivity index (χ3v) is 3.40. The smallest absolute Gasteiger partial charge is 0.222 e. The molecule has 2 rings (SSSR count). The number of rotatable bonds is 3. The van der Waals surface area contributed by atoms with E-state index in [9.17, 15) is 0 Å². The van der Waals surface area contributed by atoms with Crippen LogP contribution >= 0.6 is 11.8 Å². The minimum absolute atomic E-state index is 0.414. The van der Waals surface area contributed by atoms with Gasteiger partial charge in [0.2, 0.25) is 5.95 Å². The van der Waals surface area contributed by atoms with Crippen LogP contribution in [0.3, 0.4) is 0 Å². The van der Waals surface area contributed by atoms with E-state index in [1.54, 1.807) is 4.57 Å². The molecule has 0 unspecified atom stereocenters. The van der Waals surface area contributed by atoms with Crippen LogP contribution in [-0.2, 0) is 19.8 Å². The number of aryl methyl sites for hydroxylation is 1. The lowest BCUT2D eigenvalue weighted by atomic mass is 10.6. The Labute approximate surface area is 97.1 Å². The number of nitrogens with two attached hydrogens (primary N) is 1. The topological polar surface area (TPSA) is 87.4 Å². The van der Waals surface area contributed by atoms with Crippen molar-refractivity contribution in [2.75, 3.05) is 5.73 Å². The average Bonchev–Trinajstić information content (AvgIpc) is 2.74. The van der Waals surface area contributed by atoms with Gasteiger partial charge in [0.05, 0.1) is 5.75 Å². The van der Waals surface area contributed by atoms with Crippen molar-refractivity contribution in [2.45, 2.75) is 17.8 Å². The predicted molar refractivity (Wildman–Crippen MR) is 60.7 cm³/mol. The second-order valence-electron chi connectivity index (χ2n) is 3.41. The fraction of sp³-hybridized carbons (Fsp3) is 0.500. The van der Waals surface area contributed by atoms with Crippen LogP contribution in [-0.4, -0.2) is 29.5 Å². The number of hydrogen-bond acceptors (Lipinski definition) is 6. The number of aromatic nitrogens is 6. The van der Waals surface area contributed by atoms with Gasteiger partial charge in [-0.1, -0.05) is 11.8 Å². The van der Waals surface area contributed by atoms with Gasteiger partial charge in [0.15, 0.2) is 5.16 Å². The van der Waals surface area contributed by atoms with Crippen molar-refractivity contribution in [1.82, 2.24) is 29.5 Å². The van der Waals surface area contributed by atoms with Crippen LogP contribution in [0.4, 0.5) is 5.95 Å². The van der Waals surface area contributed by atoms with Crippen molar-refractivity contribution in [3.8, 4) is 0 Å². The molecule has 7 nitrogen and oxygen atoms in total. The molecule has 0 atom stereocenters. The predicted octanol–water partition coefficient (Wildman–Crippen LogP) is 0.127. The Morgan fingerprint density at radius 3 is 2.38 bits per heavy atom. The molecular formula is C8H13N7S. The van der Waals surface area contributed by atoms with Gasteiger partial charge >= 0.3 is 0 Å². The molecule has 0 bridgehead atoms. The Kier molecular flexibility index (Phi) is 2.82. The van der Waals surface area contributed by atoms with Crippen molar-refractivity contribution in [1.29, 1.82) is 0 Å². The number of anilines is 1. The van der Waals surface area contributed by atoms with Crippen molar-refractivity contribution < 1.29 is 0 Å². The first-order chi connectivity index (χ1) is 7.59. The van der Waals surface area contributed by atoms with Crippen LogP contribution in [0.25, 0.3) is 0 Å². The maximum atomic E-state index is 5.59. The molecule has 2 N–H and O–H groups in total. The minimum Gasteiger partial charge on any atom is -0.368 e. The van der Waals surface area contributed by atoms with E-state index in [2.05, 4.69) is 20.4 Å². The Hall–Kier alpha value is -1.57. The molecular weight excluding hydrogens is 226 g/mol. The fourth-order valence-corrected chi connectivity index (χ4v) is 2.05. The Morgan fingerprint density at radius 2 is 1.88 bits per heavy atom. The zero-order chi connectivity index (χ0) is 11.7. The number of thioether (sulfide) groups is 1. The minimum atomic E-state index is 0.414. The van der Waals surface area contributed by atoms with Crippen LogP contribution in [0.15, 0.2) is 5.16 Å². The second-order valence-corrected chi connectivity index (χ2v) is 4.35. The van der Waals surface area contributed by atoms with Crippen LogP contribution in [0.2, 0.25) is 0 Å². The van der Waals surface area contributed by atoms with Gasteiger partial charge < -0.3 is 10.3 Å². The molecule has 0 amide bonds. The van der Waals surface area contributed by atoms with Gasteiger partial charge in [-0.3, -0.25) is 4.57 Å². The molecule has 2 aromatic heterocycles. The first-order valence-corrected chi connectivity index (χ1v) is 5.70. The summed E-state index contributed by atoms with van der Waals surface area (Å²) in [6, 6.07) is 0. The molecule has 0 aromatic carbocycles. The molecule has 0 fully saturated rings. The van der Waals surface area contributed by atoms with Gasteiger partial charge in [-0.05, 0) is 6.92 Å². The molecule has 0 saturated heterocycles. The van der Waals surface area contributed by atoms with E-state index in [4.69, 9.17) is 5.73 Å². The van der Waals surface area contributed by atoms with Crippen LogP contribution < -0.4 is 5.73 Å². The molecule has 0 saturated carbocycles. The molecule has 0 aliphatic heterocycles. The quantitative estimate of drug-likeness (QED) is 0.766. The van der Waals surface area contributed by atoms with E-state index in [1.807, 2.05) is 25.6 Å². The maximum absolute atomic E-state index is 5.59. The molecule has 0 aliphatic carbocycles. The van der Waals surface area contributed by atoms with E-state index in [1.165, 1.54) is 11.8 Å². The summed E-state index contributed by atoms with van der Waals surface area (Å²) in [6.07, 6.45) is 0. The van der Waals surface area contributed by atoms with Gasteiger partial charge in [0, 0.05) is 14.1 Å². The summed E-state index contributed by atoms with van der Waals surface area (Å²) in [5.41, 5.74) is 5.59. The number of hydrogen-bond donors (Lipinski definition) is 1. The third-order valence-electron chi connectivity index (χ3n) is 2.38. The summed E-state index contributed by atoms with van der Waals surface area (Å²) in [6.45, 7) is 1.92. The van der Waals surface area contributed by atoms with Gasteiger partial charge in [-0.15, -0.1) is 20.4 Å². The van der Waals surface area contributed by atoms with Crippen molar-refractivity contribution in [3.63, 3.8) is 0 Å². The van der Waals surface area contributed by atoms with E-state index in [0.29, 0.717) is 11.7 Å². The summed E-state index contributed by atoms with van der Waals surface area (Å²) in [5.74, 6) is 2.91. The Balaban J connectivity index is 2.08. The Morgan fingerprint density at radius 1 is 1.12 bits per heavy atom. The molecule has 2 heterocycles. The normalized spacial score (nSPS) is 10.9. The monoisotopic (exact) mass is 239 g/mol. The van der Waals surface area contributed by atoms with Gasteiger partial charge in [0.1, 0.15) is 11.6 Å². The largest absolute Gasteiger partial charge is 0.368 e. The lowest BCUT2D eigenvalue weighted by Gasteiger charge is -2.01. The van der Waals surface area contributed by atoms with Crippen LogP contribution in [0, 0.1) is 6.92 Å². The molecule has 0 radical (unpaired) electrons. The first kappa shape index (κ1) is 10.9. The molecule has 86 valence electrons. The highest BCUT2D eigenvalue weighted by molar-refractivity contribution is 7.98. The zero-order valence-electron chi connectivity index (χ0n) is 9.38. The second kappa shape index (κ2) is 4.12. The highest BCUT2D eigenvalue weighted by Crippen LogP contribution is 2.20. The number of nitrogens with zero attached hydrogens (tertiary/aromatic N) is 6. The third kappa shape index (κ3) is 1.87. The summed E-state index contributed by atoms with van der Waals surface area (Å²) >= 11 is 1.53. The van der Waals surface area contributed by atoms with Crippen molar-refractivity contribution >= 4 is 17.7 Å². The molecule has 16 heavy (non-hydrogen) atoms. The van der Waals surface area contributed by atoms with Gasteiger partial charge in [0.25, 0.3) is 0 Å². The summed E-state index contributed by atoms with van der Waals surface area (Å²) in [4.78, 5) is 0. The molecule has 2 aromatic rings. The summed E-state index contributed by atoms with van der Waals surface area (Å²) in [7, 11) is 3.77. The number of nitrogen functional groups attached to an aromatic ring is 1. The van der Waals surface area contributed by atoms with Gasteiger partial charge in [-0.2, -0.15) is 0 Å². The van der Waals surface area contributed by atoms with Crippen molar-refractivity contribution in [3.05, 3.63) is 11.6 Å². The zero-order valence-corrected chi connectivity index (χ0v) is 10.2. The highest BCUT2D eigenvalue weighted by Gasteiger charge is 2.09. The van der Waals surface area contributed by atoms with Gasteiger partial charge in [-0.25, -0.2) is 0 Å². The highest BCUT2D eigenvalue weighted by atomic mass is 32.2. The SMILES string of the molecule is Cc1nnc(CSc2nnc(N)n2C)n1C. The lowest BCUT2D eigenvalue weighted by Crippen LogP contribution is -2.00. The lowest BCUT2D eigenvalue weighted by molar-refractivity contribution is 0.788. The van der Waals surface area contributed by atoms with Crippen molar-refractivity contribution in [2.24, 2.45) is 14.1 Å². The average molecular weight is 239 g/mol. The fourth-order valence-electron chi connectivity index (χ4n) is 1.16. The van der Waals surface area contributed by atoms with E-state index < -0.39 is 0 Å². The summed E-state index contributed by atoms with van der Waals surface area (Å²) in [5, 5.41) is 16.6. The van der Waals surface area contributed by atoms with Crippen LogP contribution in [0.5, 0.6) is 0 Å². The first-order valence-electron chi connectivity index (χ1n) is 4.72. The molecule has 8 heteroatoms. The van der Waals surface area contributed by atoms with Crippen LogP contribution in [0.1, 0.15) is 11.6 Å². The standard InChI is InChI=1S/C8H13N7S/c1-5-10-11-6(14(5)2)4-16-8-13-12-7(9)15(8)3/h4H2,1-3H3,(H2,9,12). The maximum Gasteiger partial charge on any atom is 0.222 e. The van der Waals surface area contributed by atoms with E-state index in [-0.39, 0.29) is 0 Å². The Bertz CT molecular complexity index is 454.